The van der Waals surface area contributed by atoms with Gasteiger partial charge in [0.05, 0.1) is 25.9 Å². The molecule has 4 rings (SSSR count). The molecule has 1 aliphatic rings. The molecule has 1 fully saturated rings. The van der Waals surface area contributed by atoms with Crippen molar-refractivity contribution < 1.29 is 18.6 Å². The van der Waals surface area contributed by atoms with Crippen LogP contribution in [0.3, 0.4) is 0 Å². The zero-order chi connectivity index (χ0) is 30.1. The van der Waals surface area contributed by atoms with E-state index in [0.29, 0.717) is 36.4 Å². The summed E-state index contributed by atoms with van der Waals surface area (Å²) in [6.45, 7) is 17.7. The van der Waals surface area contributed by atoms with Gasteiger partial charge in [-0.15, -0.1) is 0 Å². The van der Waals surface area contributed by atoms with E-state index in [2.05, 4.69) is 121 Å². The predicted octanol–water partition coefficient (Wildman–Crippen LogP) is 9.57. The molecule has 4 atom stereocenters. The molecule has 0 N–H and O–H groups in total. The van der Waals surface area contributed by atoms with Crippen LogP contribution in [0, 0.1) is 6.92 Å². The Morgan fingerprint density at radius 2 is 1.26 bits per heavy atom. The molecule has 0 aromatic heterocycles. The number of ether oxygens (including phenoxy) is 3. The highest BCUT2D eigenvalue weighted by molar-refractivity contribution is 7.99. The van der Waals surface area contributed by atoms with Crippen LogP contribution in [0.2, 0.25) is 16.6 Å². The van der Waals surface area contributed by atoms with Gasteiger partial charge in [-0.25, -0.2) is 0 Å². The Morgan fingerprint density at radius 3 is 1.79 bits per heavy atom. The van der Waals surface area contributed by atoms with Gasteiger partial charge in [-0.2, -0.15) is 0 Å². The van der Waals surface area contributed by atoms with Gasteiger partial charge in [0.25, 0.3) is 0 Å². The van der Waals surface area contributed by atoms with Crippen molar-refractivity contribution in [3.8, 4) is 0 Å². The normalized spacial score (nSPS) is 21.4. The topological polar surface area (TPSA) is 36.9 Å². The molecule has 0 amide bonds. The van der Waals surface area contributed by atoms with Crippen molar-refractivity contribution in [3.05, 3.63) is 102 Å². The smallest absolute Gasteiger partial charge is 0.200 e. The Bertz CT molecular complexity index is 1160. The van der Waals surface area contributed by atoms with E-state index >= 15 is 0 Å². The summed E-state index contributed by atoms with van der Waals surface area (Å²) in [5.74, 6) is 0. The van der Waals surface area contributed by atoms with Gasteiger partial charge >= 0.3 is 0 Å². The first-order valence-corrected chi connectivity index (χ1v) is 18.5. The molecule has 3 aromatic carbocycles. The molecule has 0 aliphatic carbocycles. The van der Waals surface area contributed by atoms with Crippen molar-refractivity contribution in [2.45, 2.75) is 113 Å². The molecular formula is C36H50O4SSi. The van der Waals surface area contributed by atoms with Crippen molar-refractivity contribution >= 4 is 20.1 Å². The fourth-order valence-electron chi connectivity index (χ4n) is 6.52. The summed E-state index contributed by atoms with van der Waals surface area (Å²) >= 11 is 1.77. The van der Waals surface area contributed by atoms with Crippen LogP contribution in [0.5, 0.6) is 0 Å². The van der Waals surface area contributed by atoms with Crippen LogP contribution in [0.25, 0.3) is 0 Å². The lowest BCUT2D eigenvalue weighted by Crippen LogP contribution is -2.55. The third-order valence-electron chi connectivity index (χ3n) is 8.57. The fourth-order valence-corrected chi connectivity index (χ4v) is 13.1. The standard InChI is InChI=1S/C36H50O4SSi/c1-26(2)42(27(3)4,28(5)6)39-25-34-36(38-24-31-16-12-9-13-17-31)33(37-23-30-14-10-8-11-15-30)22-35(40-34)41-32-20-18-29(7)19-21-32/h8-21,26-28,33-36H,22-25H2,1-7H3/t33-,34-,35-,36-/m1/s1. The van der Waals surface area contributed by atoms with Crippen molar-refractivity contribution in [2.24, 2.45) is 0 Å². The average Bonchev–Trinajstić information content (AvgIpc) is 2.97. The second-order valence-corrected chi connectivity index (χ2v) is 19.2. The first-order chi connectivity index (χ1) is 20.2. The number of aryl methyl sites for hydroxylation is 1. The van der Waals surface area contributed by atoms with E-state index in [1.807, 2.05) is 12.1 Å². The third-order valence-corrected chi connectivity index (χ3v) is 15.8. The minimum atomic E-state index is -2.11. The number of hydrogen-bond acceptors (Lipinski definition) is 5. The summed E-state index contributed by atoms with van der Waals surface area (Å²) in [5.41, 5.74) is 4.98. The monoisotopic (exact) mass is 606 g/mol. The maximum atomic E-state index is 7.13. The van der Waals surface area contributed by atoms with Gasteiger partial charge in [0.15, 0.2) is 8.32 Å². The van der Waals surface area contributed by atoms with Gasteiger partial charge < -0.3 is 18.6 Å². The SMILES string of the molecule is Cc1ccc(S[C@@H]2C[C@@H](OCc3ccccc3)[C@@H](OCc3ccccc3)[C@@H](CO[Si](C(C)C)(C(C)C)C(C)C)O2)cc1. The molecule has 0 saturated carbocycles. The summed E-state index contributed by atoms with van der Waals surface area (Å²) in [6, 6.07) is 29.5. The Hall–Kier alpha value is -1.93. The molecule has 1 saturated heterocycles. The quantitative estimate of drug-likeness (QED) is 0.171. The molecule has 3 aromatic rings. The van der Waals surface area contributed by atoms with E-state index in [0.717, 1.165) is 17.5 Å². The zero-order valence-electron chi connectivity index (χ0n) is 26.5. The van der Waals surface area contributed by atoms with Crippen LogP contribution in [-0.4, -0.2) is 38.7 Å². The Morgan fingerprint density at radius 1 is 0.738 bits per heavy atom. The first kappa shape index (κ1) is 33.0. The zero-order valence-corrected chi connectivity index (χ0v) is 28.3. The lowest BCUT2D eigenvalue weighted by atomic mass is 10.0. The second kappa shape index (κ2) is 15.7. The molecular weight excluding hydrogens is 557 g/mol. The maximum Gasteiger partial charge on any atom is 0.200 e. The second-order valence-electron chi connectivity index (χ2n) is 12.5. The summed E-state index contributed by atoms with van der Waals surface area (Å²) in [6.07, 6.45) is 0.117. The van der Waals surface area contributed by atoms with Gasteiger partial charge in [-0.05, 0) is 46.8 Å². The lowest BCUT2D eigenvalue weighted by molar-refractivity contribution is -0.198. The molecule has 228 valence electrons. The maximum absolute atomic E-state index is 7.13. The molecule has 6 heteroatoms. The number of rotatable bonds is 14. The fraction of sp³-hybridized carbons (Fsp3) is 0.500. The van der Waals surface area contributed by atoms with Gasteiger partial charge in [0, 0.05) is 11.3 Å². The number of thioether (sulfide) groups is 1. The number of hydrogen-bond donors (Lipinski definition) is 0. The van der Waals surface area contributed by atoms with E-state index in [9.17, 15) is 0 Å². The summed E-state index contributed by atoms with van der Waals surface area (Å²) < 4.78 is 27.4. The number of benzene rings is 3. The molecule has 42 heavy (non-hydrogen) atoms. The molecule has 0 bridgehead atoms. The van der Waals surface area contributed by atoms with Gasteiger partial charge in [0.2, 0.25) is 0 Å². The average molecular weight is 607 g/mol. The van der Waals surface area contributed by atoms with Gasteiger partial charge in [-0.3, -0.25) is 0 Å². The van der Waals surface area contributed by atoms with Crippen LogP contribution < -0.4 is 0 Å². The minimum absolute atomic E-state index is 0.0631. The van der Waals surface area contributed by atoms with Crippen molar-refractivity contribution in [1.29, 1.82) is 0 Å². The highest BCUT2D eigenvalue weighted by Crippen LogP contribution is 2.43. The van der Waals surface area contributed by atoms with E-state index < -0.39 is 8.32 Å². The van der Waals surface area contributed by atoms with E-state index in [-0.39, 0.29) is 23.7 Å². The largest absolute Gasteiger partial charge is 0.413 e. The minimum Gasteiger partial charge on any atom is -0.413 e. The molecule has 0 spiro atoms. The van der Waals surface area contributed by atoms with Crippen LogP contribution in [0.4, 0.5) is 0 Å². The predicted molar refractivity (Wildman–Crippen MR) is 177 cm³/mol. The van der Waals surface area contributed by atoms with Crippen molar-refractivity contribution in [1.82, 2.24) is 0 Å². The van der Waals surface area contributed by atoms with Crippen LogP contribution in [0.1, 0.15) is 64.7 Å². The third kappa shape index (κ3) is 8.58. The molecule has 0 radical (unpaired) electrons. The van der Waals surface area contributed by atoms with Crippen molar-refractivity contribution in [3.63, 3.8) is 0 Å². The first-order valence-electron chi connectivity index (χ1n) is 15.5. The highest BCUT2D eigenvalue weighted by atomic mass is 32.2. The summed E-state index contributed by atoms with van der Waals surface area (Å²) in [4.78, 5) is 1.20. The lowest BCUT2D eigenvalue weighted by Gasteiger charge is -2.46. The Balaban J connectivity index is 1.62. The molecule has 4 nitrogen and oxygen atoms in total. The van der Waals surface area contributed by atoms with E-state index in [4.69, 9.17) is 18.6 Å². The molecule has 0 unspecified atom stereocenters. The molecule has 1 aliphatic heterocycles. The Kier molecular flexibility index (Phi) is 12.3. The van der Waals surface area contributed by atoms with Gasteiger partial charge in [0.1, 0.15) is 17.6 Å². The van der Waals surface area contributed by atoms with Crippen molar-refractivity contribution in [2.75, 3.05) is 6.61 Å². The van der Waals surface area contributed by atoms with E-state index in [1.165, 1.54) is 10.5 Å². The Labute approximate surface area is 259 Å². The molecule has 1 heterocycles. The van der Waals surface area contributed by atoms with Crippen LogP contribution in [0.15, 0.2) is 89.8 Å². The highest BCUT2D eigenvalue weighted by Gasteiger charge is 2.48. The van der Waals surface area contributed by atoms with E-state index in [1.54, 1.807) is 11.8 Å². The van der Waals surface area contributed by atoms with Gasteiger partial charge in [-0.1, -0.05) is 132 Å². The van der Waals surface area contributed by atoms with Crippen LogP contribution >= 0.6 is 11.8 Å². The van der Waals surface area contributed by atoms with Crippen LogP contribution in [-0.2, 0) is 31.9 Å². The summed E-state index contributed by atoms with van der Waals surface area (Å²) in [7, 11) is -2.11. The summed E-state index contributed by atoms with van der Waals surface area (Å²) in [5, 5.41) is 0.